The summed E-state index contributed by atoms with van der Waals surface area (Å²) in [6.07, 6.45) is 0. The molecule has 0 N–H and O–H groups in total. The van der Waals surface area contributed by atoms with E-state index >= 15 is 0 Å². The molecule has 92 valence electrons. The van der Waals surface area contributed by atoms with Crippen LogP contribution in [0.25, 0.3) is 0 Å². The molecule has 0 saturated heterocycles. The van der Waals surface area contributed by atoms with Gasteiger partial charge in [-0.15, -0.1) is 0 Å². The standard InChI is InChI=1S/C14H10BrIO2/c1-18-11-5-2-9(3-6-11)14(17)12-8-10(15)4-7-13(12)16/h2-8H,1H3. The van der Waals surface area contributed by atoms with Gasteiger partial charge >= 0.3 is 0 Å². The molecule has 2 aromatic carbocycles. The van der Waals surface area contributed by atoms with Gasteiger partial charge in [0, 0.05) is 19.2 Å². The molecule has 0 saturated carbocycles. The highest BCUT2D eigenvalue weighted by Gasteiger charge is 2.12. The third-order valence-corrected chi connectivity index (χ3v) is 3.96. The number of ketones is 1. The number of halogens is 2. The Morgan fingerprint density at radius 3 is 2.44 bits per heavy atom. The Labute approximate surface area is 128 Å². The summed E-state index contributed by atoms with van der Waals surface area (Å²) < 4.78 is 6.92. The molecule has 18 heavy (non-hydrogen) atoms. The van der Waals surface area contributed by atoms with E-state index in [2.05, 4.69) is 38.5 Å². The molecule has 2 rings (SSSR count). The molecule has 0 bridgehead atoms. The van der Waals surface area contributed by atoms with Gasteiger partial charge < -0.3 is 4.74 Å². The molecule has 0 unspecified atom stereocenters. The zero-order chi connectivity index (χ0) is 13.1. The van der Waals surface area contributed by atoms with E-state index in [1.54, 1.807) is 31.4 Å². The van der Waals surface area contributed by atoms with Crippen LogP contribution in [0, 0.1) is 3.57 Å². The number of hydrogen-bond acceptors (Lipinski definition) is 2. The second-order valence-electron chi connectivity index (χ2n) is 3.68. The molecular weight excluding hydrogens is 407 g/mol. The first-order valence-corrected chi connectivity index (χ1v) is 7.13. The number of methoxy groups -OCH3 is 1. The van der Waals surface area contributed by atoms with Gasteiger partial charge in [0.05, 0.1) is 7.11 Å². The van der Waals surface area contributed by atoms with Gasteiger partial charge in [0.2, 0.25) is 0 Å². The van der Waals surface area contributed by atoms with E-state index in [1.165, 1.54) is 0 Å². The lowest BCUT2D eigenvalue weighted by Gasteiger charge is -2.05. The summed E-state index contributed by atoms with van der Waals surface area (Å²) in [4.78, 5) is 12.4. The summed E-state index contributed by atoms with van der Waals surface area (Å²) in [6.45, 7) is 0. The Bertz CT molecular complexity index is 579. The maximum absolute atomic E-state index is 12.4. The van der Waals surface area contributed by atoms with Crippen LogP contribution in [-0.2, 0) is 0 Å². The summed E-state index contributed by atoms with van der Waals surface area (Å²) in [5, 5.41) is 0. The minimum atomic E-state index is 0.0170. The molecule has 0 aromatic heterocycles. The van der Waals surface area contributed by atoms with Crippen LogP contribution >= 0.6 is 38.5 Å². The van der Waals surface area contributed by atoms with E-state index < -0.39 is 0 Å². The summed E-state index contributed by atoms with van der Waals surface area (Å²) in [5.74, 6) is 0.763. The first-order valence-electron chi connectivity index (χ1n) is 5.25. The highest BCUT2D eigenvalue weighted by Crippen LogP contribution is 2.22. The lowest BCUT2D eigenvalue weighted by Crippen LogP contribution is -2.03. The van der Waals surface area contributed by atoms with E-state index in [-0.39, 0.29) is 5.78 Å². The predicted octanol–water partition coefficient (Wildman–Crippen LogP) is 4.29. The van der Waals surface area contributed by atoms with Gasteiger partial charge in [-0.1, -0.05) is 15.9 Å². The molecule has 0 amide bonds. The number of hydrogen-bond donors (Lipinski definition) is 0. The number of carbonyl (C=O) groups excluding carboxylic acids is 1. The smallest absolute Gasteiger partial charge is 0.194 e. The van der Waals surface area contributed by atoms with Crippen molar-refractivity contribution >= 4 is 44.3 Å². The predicted molar refractivity (Wildman–Crippen MR) is 83.3 cm³/mol. The van der Waals surface area contributed by atoms with Crippen molar-refractivity contribution in [1.82, 2.24) is 0 Å². The van der Waals surface area contributed by atoms with Crippen LogP contribution in [0.15, 0.2) is 46.9 Å². The number of rotatable bonds is 3. The van der Waals surface area contributed by atoms with Crippen LogP contribution in [0.1, 0.15) is 15.9 Å². The minimum Gasteiger partial charge on any atom is -0.497 e. The van der Waals surface area contributed by atoms with Gasteiger partial charge in [-0.2, -0.15) is 0 Å². The lowest BCUT2D eigenvalue weighted by molar-refractivity contribution is 0.103. The van der Waals surface area contributed by atoms with Crippen molar-refractivity contribution in [1.29, 1.82) is 0 Å². The van der Waals surface area contributed by atoms with E-state index in [0.717, 1.165) is 13.8 Å². The molecule has 2 nitrogen and oxygen atoms in total. The Morgan fingerprint density at radius 2 is 1.83 bits per heavy atom. The first kappa shape index (κ1) is 13.5. The molecule has 0 fully saturated rings. The van der Waals surface area contributed by atoms with Crippen molar-refractivity contribution in [3.63, 3.8) is 0 Å². The third-order valence-electron chi connectivity index (χ3n) is 2.53. The average Bonchev–Trinajstić information content (AvgIpc) is 2.41. The third kappa shape index (κ3) is 2.92. The fourth-order valence-corrected chi connectivity index (χ4v) is 2.51. The highest BCUT2D eigenvalue weighted by atomic mass is 127. The molecule has 0 atom stereocenters. The monoisotopic (exact) mass is 416 g/mol. The van der Waals surface area contributed by atoms with Gasteiger partial charge in [0.1, 0.15) is 5.75 Å². The normalized spacial score (nSPS) is 10.2. The molecule has 4 heteroatoms. The van der Waals surface area contributed by atoms with E-state index in [1.807, 2.05) is 18.2 Å². The van der Waals surface area contributed by atoms with Gasteiger partial charge in [-0.3, -0.25) is 4.79 Å². The Balaban J connectivity index is 2.38. The largest absolute Gasteiger partial charge is 0.497 e. The number of benzene rings is 2. The Hall–Kier alpha value is -0.880. The molecule has 0 aliphatic rings. The van der Waals surface area contributed by atoms with E-state index in [4.69, 9.17) is 4.74 Å². The summed E-state index contributed by atoms with van der Waals surface area (Å²) in [7, 11) is 1.61. The quantitative estimate of drug-likeness (QED) is 0.551. The van der Waals surface area contributed by atoms with Crippen molar-refractivity contribution in [3.05, 3.63) is 61.6 Å². The minimum absolute atomic E-state index is 0.0170. The molecule has 0 radical (unpaired) electrons. The fraction of sp³-hybridized carbons (Fsp3) is 0.0714. The van der Waals surface area contributed by atoms with Gasteiger partial charge in [-0.05, 0) is 65.1 Å². The Morgan fingerprint density at radius 1 is 1.17 bits per heavy atom. The van der Waals surface area contributed by atoms with E-state index in [0.29, 0.717) is 11.1 Å². The van der Waals surface area contributed by atoms with Crippen LogP contribution in [0.5, 0.6) is 5.75 Å². The molecule has 0 aliphatic carbocycles. The maximum Gasteiger partial charge on any atom is 0.194 e. The molecule has 0 spiro atoms. The van der Waals surface area contributed by atoms with Crippen molar-refractivity contribution in [2.75, 3.05) is 7.11 Å². The van der Waals surface area contributed by atoms with Crippen molar-refractivity contribution in [2.24, 2.45) is 0 Å². The van der Waals surface area contributed by atoms with Gasteiger partial charge in [0.15, 0.2) is 5.78 Å². The van der Waals surface area contributed by atoms with Gasteiger partial charge in [0.25, 0.3) is 0 Å². The summed E-state index contributed by atoms with van der Waals surface area (Å²) in [6, 6.07) is 12.8. The topological polar surface area (TPSA) is 26.3 Å². The second kappa shape index (κ2) is 5.84. The number of ether oxygens (including phenoxy) is 1. The van der Waals surface area contributed by atoms with Gasteiger partial charge in [-0.25, -0.2) is 0 Å². The Kier molecular flexibility index (Phi) is 4.40. The van der Waals surface area contributed by atoms with Crippen LogP contribution < -0.4 is 4.74 Å². The molecule has 0 heterocycles. The zero-order valence-electron chi connectivity index (χ0n) is 9.61. The summed E-state index contributed by atoms with van der Waals surface area (Å²) in [5.41, 5.74) is 1.36. The lowest BCUT2D eigenvalue weighted by atomic mass is 10.0. The van der Waals surface area contributed by atoms with Crippen molar-refractivity contribution in [3.8, 4) is 5.75 Å². The second-order valence-corrected chi connectivity index (χ2v) is 5.76. The highest BCUT2D eigenvalue weighted by molar-refractivity contribution is 14.1. The molecule has 0 aliphatic heterocycles. The van der Waals surface area contributed by atoms with Crippen LogP contribution in [0.2, 0.25) is 0 Å². The van der Waals surface area contributed by atoms with Crippen molar-refractivity contribution in [2.45, 2.75) is 0 Å². The summed E-state index contributed by atoms with van der Waals surface area (Å²) >= 11 is 5.55. The SMILES string of the molecule is COc1ccc(C(=O)c2cc(Br)ccc2I)cc1. The average molecular weight is 417 g/mol. The molecular formula is C14H10BrIO2. The molecule has 2 aromatic rings. The van der Waals surface area contributed by atoms with Crippen LogP contribution in [0.3, 0.4) is 0 Å². The van der Waals surface area contributed by atoms with Crippen molar-refractivity contribution < 1.29 is 9.53 Å². The zero-order valence-corrected chi connectivity index (χ0v) is 13.4. The van der Waals surface area contributed by atoms with E-state index in [9.17, 15) is 4.79 Å². The first-order chi connectivity index (χ1) is 8.61. The number of carbonyl (C=O) groups is 1. The fourth-order valence-electron chi connectivity index (χ4n) is 1.57. The van der Waals surface area contributed by atoms with Crippen LogP contribution in [-0.4, -0.2) is 12.9 Å². The van der Waals surface area contributed by atoms with Crippen LogP contribution in [0.4, 0.5) is 0 Å². The maximum atomic E-state index is 12.4.